The highest BCUT2D eigenvalue weighted by Crippen LogP contribution is 2.31. The summed E-state index contributed by atoms with van der Waals surface area (Å²) in [6, 6.07) is 18.0. The molecular formula is C30H34N4O2. The van der Waals surface area contributed by atoms with Gasteiger partial charge < -0.3 is 10.1 Å². The Balaban J connectivity index is 1.69. The first-order valence-electron chi connectivity index (χ1n) is 12.9. The van der Waals surface area contributed by atoms with Gasteiger partial charge in [0.15, 0.2) is 0 Å². The molecule has 36 heavy (non-hydrogen) atoms. The smallest absolute Gasteiger partial charge is 0.262 e. The molecule has 0 bridgehead atoms. The number of unbranched alkanes of at least 4 members (excludes halogenated alkanes) is 1. The van der Waals surface area contributed by atoms with Crippen molar-refractivity contribution in [2.75, 3.05) is 6.61 Å². The molecule has 1 N–H and O–H groups in total. The maximum absolute atomic E-state index is 13.0. The van der Waals surface area contributed by atoms with Crippen LogP contribution in [0.15, 0.2) is 60.3 Å². The number of carbonyl (C=O) groups excluding carboxylic acids is 1. The minimum Gasteiger partial charge on any atom is -0.494 e. The van der Waals surface area contributed by atoms with Crippen molar-refractivity contribution in [2.24, 2.45) is 0 Å². The number of carbonyl (C=O) groups is 1. The summed E-state index contributed by atoms with van der Waals surface area (Å²) in [5, 5.41) is 17.8. The molecule has 4 rings (SSSR count). The van der Waals surface area contributed by atoms with Crippen LogP contribution in [0.25, 0.3) is 23.0 Å². The average molecular weight is 483 g/mol. The molecule has 0 saturated heterocycles. The summed E-state index contributed by atoms with van der Waals surface area (Å²) in [7, 11) is 0. The van der Waals surface area contributed by atoms with E-state index in [9.17, 15) is 10.1 Å². The summed E-state index contributed by atoms with van der Waals surface area (Å²) in [6.07, 6.45) is 11.0. The van der Waals surface area contributed by atoms with Gasteiger partial charge in [0.1, 0.15) is 23.1 Å². The Morgan fingerprint density at radius 1 is 1.19 bits per heavy atom. The molecule has 1 aliphatic carbocycles. The third kappa shape index (κ3) is 6.23. The van der Waals surface area contributed by atoms with Gasteiger partial charge in [-0.2, -0.15) is 10.4 Å². The fourth-order valence-corrected chi connectivity index (χ4v) is 4.56. The van der Waals surface area contributed by atoms with Crippen LogP contribution in [-0.2, 0) is 4.79 Å². The molecule has 3 aromatic rings. The van der Waals surface area contributed by atoms with Crippen LogP contribution in [0.1, 0.15) is 63.0 Å². The Bertz CT molecular complexity index is 1250. The second kappa shape index (κ2) is 12.2. The van der Waals surface area contributed by atoms with Crippen LogP contribution in [0.4, 0.5) is 0 Å². The van der Waals surface area contributed by atoms with E-state index in [1.54, 1.807) is 10.8 Å². The van der Waals surface area contributed by atoms with Gasteiger partial charge in [-0.15, -0.1) is 0 Å². The molecule has 1 aliphatic rings. The van der Waals surface area contributed by atoms with E-state index in [1.165, 1.54) is 6.42 Å². The molecule has 0 radical (unpaired) electrons. The van der Waals surface area contributed by atoms with Crippen LogP contribution < -0.4 is 10.1 Å². The predicted octanol–water partition coefficient (Wildman–Crippen LogP) is 6.38. The first-order valence-corrected chi connectivity index (χ1v) is 12.9. The molecule has 0 spiro atoms. The predicted molar refractivity (Wildman–Crippen MR) is 143 cm³/mol. The van der Waals surface area contributed by atoms with Gasteiger partial charge in [-0.3, -0.25) is 4.79 Å². The van der Waals surface area contributed by atoms with Gasteiger partial charge in [0.05, 0.1) is 12.3 Å². The lowest BCUT2D eigenvalue weighted by Gasteiger charge is -2.22. The molecule has 6 nitrogen and oxygen atoms in total. The van der Waals surface area contributed by atoms with Gasteiger partial charge in [-0.05, 0) is 68.2 Å². The lowest BCUT2D eigenvalue weighted by Crippen LogP contribution is -2.36. The van der Waals surface area contributed by atoms with E-state index in [0.29, 0.717) is 6.61 Å². The molecule has 1 fully saturated rings. The molecule has 1 aromatic heterocycles. The number of benzene rings is 2. The van der Waals surface area contributed by atoms with Crippen LogP contribution in [0.2, 0.25) is 0 Å². The van der Waals surface area contributed by atoms with Gasteiger partial charge in [-0.25, -0.2) is 4.68 Å². The van der Waals surface area contributed by atoms with E-state index in [4.69, 9.17) is 9.84 Å². The molecule has 6 heteroatoms. The first-order chi connectivity index (χ1) is 17.6. The second-order valence-electron chi connectivity index (χ2n) is 9.37. The van der Waals surface area contributed by atoms with Crippen molar-refractivity contribution in [2.45, 2.75) is 64.8 Å². The fraction of sp³-hybridized carbons (Fsp3) is 0.367. The van der Waals surface area contributed by atoms with Crippen molar-refractivity contribution >= 4 is 12.0 Å². The zero-order valence-electron chi connectivity index (χ0n) is 21.2. The number of hydrogen-bond acceptors (Lipinski definition) is 4. The quantitative estimate of drug-likeness (QED) is 0.218. The summed E-state index contributed by atoms with van der Waals surface area (Å²) in [5.74, 6) is 0.507. The van der Waals surface area contributed by atoms with Crippen molar-refractivity contribution in [1.82, 2.24) is 15.1 Å². The van der Waals surface area contributed by atoms with E-state index < -0.39 is 0 Å². The number of aromatic nitrogens is 2. The summed E-state index contributed by atoms with van der Waals surface area (Å²) in [6.45, 7) is 4.85. The lowest BCUT2D eigenvalue weighted by molar-refractivity contribution is -0.117. The van der Waals surface area contributed by atoms with Gasteiger partial charge in [0, 0.05) is 23.4 Å². The highest BCUT2D eigenvalue weighted by atomic mass is 16.5. The molecule has 0 unspecified atom stereocenters. The monoisotopic (exact) mass is 482 g/mol. The number of aryl methyl sites for hydroxylation is 1. The third-order valence-electron chi connectivity index (χ3n) is 6.59. The Morgan fingerprint density at radius 3 is 2.67 bits per heavy atom. The first kappa shape index (κ1) is 25.2. The standard InChI is InChI=1S/C30H34N4O2/c1-3-4-17-36-27-15-16-28(22(2)18-27)29-24(21-34(33-29)26-13-9-6-10-14-26)19-23(20-31)30(35)32-25-11-7-5-8-12-25/h6,9-10,13-16,18-19,21,25H,3-5,7-8,11-12,17H2,1-2H3,(H,32,35)/b23-19-. The zero-order chi connectivity index (χ0) is 25.3. The lowest BCUT2D eigenvalue weighted by atomic mass is 9.95. The summed E-state index contributed by atoms with van der Waals surface area (Å²) < 4.78 is 7.67. The summed E-state index contributed by atoms with van der Waals surface area (Å²) >= 11 is 0. The van der Waals surface area contributed by atoms with E-state index in [-0.39, 0.29) is 17.5 Å². The Hall–Kier alpha value is -3.85. The average Bonchev–Trinajstić information content (AvgIpc) is 3.32. The van der Waals surface area contributed by atoms with Gasteiger partial charge in [0.25, 0.3) is 5.91 Å². The molecule has 0 aliphatic heterocycles. The number of nitrogens with one attached hydrogen (secondary N) is 1. The molecule has 2 aromatic carbocycles. The van der Waals surface area contributed by atoms with Crippen LogP contribution >= 0.6 is 0 Å². The Morgan fingerprint density at radius 2 is 1.97 bits per heavy atom. The third-order valence-corrected chi connectivity index (χ3v) is 6.59. The number of rotatable bonds is 9. The fourth-order valence-electron chi connectivity index (χ4n) is 4.56. The molecular weight excluding hydrogens is 448 g/mol. The van der Waals surface area contributed by atoms with Crippen molar-refractivity contribution in [3.63, 3.8) is 0 Å². The van der Waals surface area contributed by atoms with Crippen LogP contribution in [0.5, 0.6) is 5.75 Å². The van der Waals surface area contributed by atoms with Crippen molar-refractivity contribution in [1.29, 1.82) is 5.26 Å². The van der Waals surface area contributed by atoms with Gasteiger partial charge >= 0.3 is 0 Å². The number of hydrogen-bond donors (Lipinski definition) is 1. The number of amides is 1. The van der Waals surface area contributed by atoms with Crippen molar-refractivity contribution < 1.29 is 9.53 Å². The Kier molecular flexibility index (Phi) is 8.57. The largest absolute Gasteiger partial charge is 0.494 e. The minimum atomic E-state index is -0.320. The summed E-state index contributed by atoms with van der Waals surface area (Å²) in [5.41, 5.74) is 4.38. The van der Waals surface area contributed by atoms with Gasteiger partial charge in [0.2, 0.25) is 0 Å². The highest BCUT2D eigenvalue weighted by molar-refractivity contribution is 6.02. The van der Waals surface area contributed by atoms with Crippen molar-refractivity contribution in [3.05, 3.63) is 71.4 Å². The van der Waals surface area contributed by atoms with Crippen LogP contribution in [0, 0.1) is 18.3 Å². The van der Waals surface area contributed by atoms with Gasteiger partial charge in [-0.1, -0.05) is 50.8 Å². The normalized spacial score (nSPS) is 14.3. The molecule has 186 valence electrons. The second-order valence-corrected chi connectivity index (χ2v) is 9.37. The number of nitriles is 1. The summed E-state index contributed by atoms with van der Waals surface area (Å²) in [4.78, 5) is 13.0. The van der Waals surface area contributed by atoms with E-state index in [0.717, 1.165) is 72.3 Å². The maximum atomic E-state index is 13.0. The molecule has 1 saturated carbocycles. The molecule has 1 heterocycles. The van der Waals surface area contributed by atoms with E-state index in [2.05, 4.69) is 18.3 Å². The van der Waals surface area contributed by atoms with E-state index in [1.807, 2.05) is 61.7 Å². The minimum absolute atomic E-state index is 0.0895. The van der Waals surface area contributed by atoms with Crippen LogP contribution in [0.3, 0.4) is 0 Å². The number of para-hydroxylation sites is 1. The molecule has 1 amide bonds. The number of ether oxygens (including phenoxy) is 1. The number of nitrogens with zero attached hydrogens (tertiary/aromatic N) is 3. The zero-order valence-corrected chi connectivity index (χ0v) is 21.2. The highest BCUT2D eigenvalue weighted by Gasteiger charge is 2.20. The topological polar surface area (TPSA) is 79.9 Å². The van der Waals surface area contributed by atoms with Crippen molar-refractivity contribution in [3.8, 4) is 28.8 Å². The Labute approximate surface area is 213 Å². The maximum Gasteiger partial charge on any atom is 0.262 e. The SMILES string of the molecule is CCCCOc1ccc(-c2nn(-c3ccccc3)cc2/C=C(/C#N)C(=O)NC2CCCCC2)c(C)c1. The van der Waals surface area contributed by atoms with Crippen LogP contribution in [-0.4, -0.2) is 28.3 Å². The van der Waals surface area contributed by atoms with E-state index >= 15 is 0 Å². The molecule has 0 atom stereocenters.